The van der Waals surface area contributed by atoms with Crippen molar-refractivity contribution < 1.29 is 14.3 Å². The number of hydrogen-bond donors (Lipinski definition) is 0. The number of aromatic nitrogens is 2. The lowest BCUT2D eigenvalue weighted by Gasteiger charge is -2.56. The number of aryl methyl sites for hydroxylation is 1. The number of hydrogen-bond acceptors (Lipinski definition) is 6. The van der Waals surface area contributed by atoms with Gasteiger partial charge in [0.05, 0.1) is 31.9 Å². The molecule has 2 unspecified atom stereocenters. The molecule has 0 radical (unpaired) electrons. The fourth-order valence-corrected chi connectivity index (χ4v) is 3.94. The SMILES string of the molecule is COc1cccc(C(=O)N2C3CC2CN(c2ccnc(C)n2)C3)c1OC. The van der Waals surface area contributed by atoms with E-state index in [2.05, 4.69) is 14.9 Å². The number of amides is 1. The highest BCUT2D eigenvalue weighted by Crippen LogP contribution is 2.38. The molecule has 3 aliphatic heterocycles. The molecule has 3 fully saturated rings. The molecule has 1 aromatic carbocycles. The van der Waals surface area contributed by atoms with Crippen LogP contribution in [-0.4, -0.2) is 60.2 Å². The van der Waals surface area contributed by atoms with Crippen LogP contribution in [0, 0.1) is 6.92 Å². The summed E-state index contributed by atoms with van der Waals surface area (Å²) in [6.45, 7) is 3.45. The van der Waals surface area contributed by atoms with E-state index >= 15 is 0 Å². The van der Waals surface area contributed by atoms with Gasteiger partial charge < -0.3 is 19.3 Å². The van der Waals surface area contributed by atoms with Gasteiger partial charge in [0, 0.05) is 19.3 Å². The average Bonchev–Trinajstić information content (AvgIpc) is 2.67. The van der Waals surface area contributed by atoms with Crippen LogP contribution in [0.4, 0.5) is 5.82 Å². The van der Waals surface area contributed by atoms with Crippen molar-refractivity contribution >= 4 is 11.7 Å². The quantitative estimate of drug-likeness (QED) is 0.835. The first-order valence-electron chi connectivity index (χ1n) is 8.70. The first-order valence-corrected chi connectivity index (χ1v) is 8.70. The highest BCUT2D eigenvalue weighted by Gasteiger charge is 2.48. The fraction of sp³-hybridized carbons (Fsp3) is 0.421. The number of ether oxygens (including phenoxy) is 2. The zero-order valence-electron chi connectivity index (χ0n) is 15.2. The van der Waals surface area contributed by atoms with E-state index in [0.29, 0.717) is 17.1 Å². The van der Waals surface area contributed by atoms with Crippen LogP contribution in [0.5, 0.6) is 11.5 Å². The molecule has 3 saturated heterocycles. The molecule has 136 valence electrons. The molecule has 0 spiro atoms. The van der Waals surface area contributed by atoms with Crippen LogP contribution in [0.1, 0.15) is 22.6 Å². The lowest BCUT2D eigenvalue weighted by molar-refractivity contribution is 0.00547. The molecule has 1 amide bonds. The van der Waals surface area contributed by atoms with Crippen molar-refractivity contribution in [2.24, 2.45) is 0 Å². The molecule has 7 heteroatoms. The Morgan fingerprint density at radius 3 is 2.58 bits per heavy atom. The number of rotatable bonds is 4. The van der Waals surface area contributed by atoms with Gasteiger partial charge in [-0.1, -0.05) is 6.07 Å². The lowest BCUT2D eigenvalue weighted by Crippen LogP contribution is -2.70. The largest absolute Gasteiger partial charge is 0.493 e. The molecule has 0 N–H and O–H groups in total. The summed E-state index contributed by atoms with van der Waals surface area (Å²) in [4.78, 5) is 26.0. The molecule has 2 bridgehead atoms. The van der Waals surface area contributed by atoms with Crippen molar-refractivity contribution in [2.75, 3.05) is 32.2 Å². The van der Waals surface area contributed by atoms with Crippen LogP contribution >= 0.6 is 0 Å². The molecular formula is C19H22N4O3. The van der Waals surface area contributed by atoms with E-state index in [0.717, 1.165) is 31.2 Å². The van der Waals surface area contributed by atoms with Crippen LogP contribution in [-0.2, 0) is 0 Å². The number of fused-ring (bicyclic) bond motifs is 2. The number of carbonyl (C=O) groups excluding carboxylic acids is 1. The predicted molar refractivity (Wildman–Crippen MR) is 96.9 cm³/mol. The van der Waals surface area contributed by atoms with Crippen LogP contribution in [0.25, 0.3) is 0 Å². The van der Waals surface area contributed by atoms with Crippen molar-refractivity contribution in [1.29, 1.82) is 0 Å². The van der Waals surface area contributed by atoms with Gasteiger partial charge in [0.1, 0.15) is 11.6 Å². The van der Waals surface area contributed by atoms with Crippen molar-refractivity contribution in [3.8, 4) is 11.5 Å². The molecule has 0 aliphatic carbocycles. The van der Waals surface area contributed by atoms with Gasteiger partial charge in [0.25, 0.3) is 5.91 Å². The summed E-state index contributed by atoms with van der Waals surface area (Å²) in [6.07, 6.45) is 2.81. The Kier molecular flexibility index (Phi) is 4.14. The van der Waals surface area contributed by atoms with E-state index < -0.39 is 0 Å². The van der Waals surface area contributed by atoms with E-state index in [9.17, 15) is 4.79 Å². The molecule has 7 nitrogen and oxygen atoms in total. The maximum atomic E-state index is 13.1. The van der Waals surface area contributed by atoms with E-state index in [-0.39, 0.29) is 18.0 Å². The molecule has 1 aromatic heterocycles. The Morgan fingerprint density at radius 1 is 1.15 bits per heavy atom. The maximum absolute atomic E-state index is 13.1. The number of piperazine rings is 1. The van der Waals surface area contributed by atoms with Gasteiger partial charge in [-0.25, -0.2) is 9.97 Å². The summed E-state index contributed by atoms with van der Waals surface area (Å²) >= 11 is 0. The molecular weight excluding hydrogens is 332 g/mol. The first kappa shape index (κ1) is 16.6. The molecule has 3 aliphatic rings. The first-order chi connectivity index (χ1) is 12.6. The van der Waals surface area contributed by atoms with E-state index in [1.807, 2.05) is 24.0 Å². The normalized spacial score (nSPS) is 21.2. The van der Waals surface area contributed by atoms with Gasteiger partial charge in [0.2, 0.25) is 0 Å². The van der Waals surface area contributed by atoms with Gasteiger partial charge in [0.15, 0.2) is 11.5 Å². The van der Waals surface area contributed by atoms with Gasteiger partial charge in [-0.15, -0.1) is 0 Å². The van der Waals surface area contributed by atoms with Crippen molar-refractivity contribution in [3.05, 3.63) is 41.9 Å². The topological polar surface area (TPSA) is 67.8 Å². The molecule has 5 rings (SSSR count). The summed E-state index contributed by atoms with van der Waals surface area (Å²) in [6, 6.07) is 7.71. The minimum atomic E-state index is 0.000480. The number of carbonyl (C=O) groups is 1. The zero-order valence-corrected chi connectivity index (χ0v) is 15.2. The standard InChI is InChI=1S/C19H22N4O3/c1-12-20-8-7-17(21-12)22-10-13-9-14(11-22)23(13)19(24)15-5-4-6-16(25-2)18(15)26-3/h4-8,13-14H,9-11H2,1-3H3. The summed E-state index contributed by atoms with van der Waals surface area (Å²) in [5.41, 5.74) is 0.549. The molecule has 2 atom stereocenters. The number of methoxy groups -OCH3 is 2. The number of nitrogens with zero attached hydrogens (tertiary/aromatic N) is 4. The van der Waals surface area contributed by atoms with Crippen LogP contribution in [0.3, 0.4) is 0 Å². The van der Waals surface area contributed by atoms with Crippen molar-refractivity contribution in [2.45, 2.75) is 25.4 Å². The number of para-hydroxylation sites is 1. The van der Waals surface area contributed by atoms with Crippen LogP contribution in [0.2, 0.25) is 0 Å². The number of benzene rings is 1. The lowest BCUT2D eigenvalue weighted by atomic mass is 9.86. The Labute approximate surface area is 152 Å². The summed E-state index contributed by atoms with van der Waals surface area (Å²) in [7, 11) is 3.14. The van der Waals surface area contributed by atoms with Gasteiger partial charge in [-0.05, 0) is 31.5 Å². The van der Waals surface area contributed by atoms with Gasteiger partial charge >= 0.3 is 0 Å². The molecule has 2 aromatic rings. The van der Waals surface area contributed by atoms with Gasteiger partial charge in [-0.2, -0.15) is 0 Å². The van der Waals surface area contributed by atoms with Crippen LogP contribution < -0.4 is 14.4 Å². The second-order valence-corrected chi connectivity index (χ2v) is 6.66. The number of piperidine rings is 1. The van der Waals surface area contributed by atoms with E-state index in [1.54, 1.807) is 32.5 Å². The smallest absolute Gasteiger partial charge is 0.258 e. The minimum Gasteiger partial charge on any atom is -0.493 e. The summed E-state index contributed by atoms with van der Waals surface area (Å²) in [5, 5.41) is 0. The van der Waals surface area contributed by atoms with E-state index in [1.165, 1.54) is 0 Å². The van der Waals surface area contributed by atoms with E-state index in [4.69, 9.17) is 9.47 Å². The fourth-order valence-electron chi connectivity index (χ4n) is 3.94. The third-order valence-corrected chi connectivity index (χ3v) is 5.15. The second kappa shape index (κ2) is 6.48. The highest BCUT2D eigenvalue weighted by molar-refractivity contribution is 5.99. The average molecular weight is 354 g/mol. The van der Waals surface area contributed by atoms with Crippen molar-refractivity contribution in [3.63, 3.8) is 0 Å². The van der Waals surface area contributed by atoms with Crippen LogP contribution in [0.15, 0.2) is 30.5 Å². The maximum Gasteiger partial charge on any atom is 0.258 e. The Hall–Kier alpha value is -2.83. The third kappa shape index (κ3) is 2.64. The Morgan fingerprint density at radius 2 is 1.92 bits per heavy atom. The summed E-state index contributed by atoms with van der Waals surface area (Å²) < 4.78 is 10.8. The Balaban J connectivity index is 1.54. The Bertz CT molecular complexity index is 829. The second-order valence-electron chi connectivity index (χ2n) is 6.66. The highest BCUT2D eigenvalue weighted by atomic mass is 16.5. The molecule has 26 heavy (non-hydrogen) atoms. The molecule has 4 heterocycles. The van der Waals surface area contributed by atoms with Gasteiger partial charge in [-0.3, -0.25) is 4.79 Å². The minimum absolute atomic E-state index is 0.000480. The molecule has 0 saturated carbocycles. The van der Waals surface area contributed by atoms with Crippen molar-refractivity contribution in [1.82, 2.24) is 14.9 Å². The zero-order chi connectivity index (χ0) is 18.3. The summed E-state index contributed by atoms with van der Waals surface area (Å²) in [5.74, 6) is 2.75. The predicted octanol–water partition coefficient (Wildman–Crippen LogP) is 1.91. The third-order valence-electron chi connectivity index (χ3n) is 5.15. The number of anilines is 1. The monoisotopic (exact) mass is 354 g/mol.